The minimum atomic E-state index is -0.109. The molecule has 0 heterocycles. The third-order valence-corrected chi connectivity index (χ3v) is 3.71. The average molecular weight is 332 g/mol. The predicted molar refractivity (Wildman–Crippen MR) is 92.8 cm³/mol. The maximum atomic E-state index is 9.55. The molecule has 0 radical (unpaired) electrons. The van der Waals surface area contributed by atoms with E-state index in [2.05, 4.69) is 6.07 Å². The van der Waals surface area contributed by atoms with E-state index >= 15 is 0 Å². The molecule has 0 atom stereocenters. The van der Waals surface area contributed by atoms with E-state index in [1.54, 1.807) is 12.1 Å². The number of methoxy groups -OCH3 is 1. The van der Waals surface area contributed by atoms with Gasteiger partial charge in [0.1, 0.15) is 18.1 Å². The van der Waals surface area contributed by atoms with Gasteiger partial charge in [0, 0.05) is 17.8 Å². The van der Waals surface area contributed by atoms with Crippen LogP contribution in [0.25, 0.3) is 0 Å². The summed E-state index contributed by atoms with van der Waals surface area (Å²) in [6.07, 6.45) is 0. The normalized spacial score (nSPS) is 10.3. The summed E-state index contributed by atoms with van der Waals surface area (Å²) in [5.74, 6) is 1.32. The minimum absolute atomic E-state index is 0.0212. The lowest BCUT2D eigenvalue weighted by atomic mass is 10.1. The Balaban J connectivity index is 2.24. The van der Waals surface area contributed by atoms with Crippen LogP contribution in [-0.4, -0.2) is 17.5 Å². The molecule has 0 fully saturated rings. The van der Waals surface area contributed by atoms with E-state index in [4.69, 9.17) is 26.4 Å². The highest BCUT2D eigenvalue weighted by Gasteiger charge is 2.13. The van der Waals surface area contributed by atoms with Crippen molar-refractivity contribution in [3.63, 3.8) is 0 Å². The second kappa shape index (κ2) is 7.94. The van der Waals surface area contributed by atoms with E-state index in [1.807, 2.05) is 32.0 Å². The molecule has 0 unspecified atom stereocenters. The Morgan fingerprint density at radius 1 is 1.13 bits per heavy atom. The van der Waals surface area contributed by atoms with Crippen molar-refractivity contribution in [2.75, 3.05) is 7.11 Å². The van der Waals surface area contributed by atoms with E-state index in [0.717, 1.165) is 22.4 Å². The SMILES string of the molecule is COC(=S)Oc1cccc(CO)c1COc1ccc(C)cc1C. The topological polar surface area (TPSA) is 47.9 Å². The van der Waals surface area contributed by atoms with Crippen LogP contribution in [0, 0.1) is 13.8 Å². The van der Waals surface area contributed by atoms with Gasteiger partial charge in [-0.25, -0.2) is 0 Å². The van der Waals surface area contributed by atoms with Gasteiger partial charge in [-0.3, -0.25) is 0 Å². The van der Waals surface area contributed by atoms with Crippen LogP contribution in [0.1, 0.15) is 22.3 Å². The van der Waals surface area contributed by atoms with E-state index in [1.165, 1.54) is 12.7 Å². The van der Waals surface area contributed by atoms with Crippen LogP contribution in [-0.2, 0) is 18.0 Å². The largest absolute Gasteiger partial charge is 0.488 e. The number of hydrogen-bond acceptors (Lipinski definition) is 5. The zero-order chi connectivity index (χ0) is 16.8. The average Bonchev–Trinajstić information content (AvgIpc) is 2.54. The zero-order valence-electron chi connectivity index (χ0n) is 13.5. The summed E-state index contributed by atoms with van der Waals surface area (Å²) >= 11 is 4.94. The summed E-state index contributed by atoms with van der Waals surface area (Å²) in [6, 6.07) is 11.4. The molecule has 0 aliphatic rings. The molecule has 1 N–H and O–H groups in total. The molecule has 0 aliphatic heterocycles. The van der Waals surface area contributed by atoms with Crippen molar-refractivity contribution < 1.29 is 19.3 Å². The molecular weight excluding hydrogens is 312 g/mol. The molecule has 0 aliphatic carbocycles. The van der Waals surface area contributed by atoms with Crippen molar-refractivity contribution in [3.8, 4) is 11.5 Å². The summed E-state index contributed by atoms with van der Waals surface area (Å²) in [5.41, 5.74) is 3.71. The molecule has 0 bridgehead atoms. The Bertz CT molecular complexity index is 697. The van der Waals surface area contributed by atoms with Crippen molar-refractivity contribution in [1.82, 2.24) is 0 Å². The van der Waals surface area contributed by atoms with Crippen molar-refractivity contribution in [1.29, 1.82) is 0 Å². The summed E-state index contributed by atoms with van der Waals surface area (Å²) in [7, 11) is 1.45. The second-order valence-corrected chi connectivity index (χ2v) is 5.50. The monoisotopic (exact) mass is 332 g/mol. The fourth-order valence-electron chi connectivity index (χ4n) is 2.26. The first-order valence-electron chi connectivity index (χ1n) is 7.22. The number of thiocarbonyl (C=S) groups is 1. The van der Waals surface area contributed by atoms with Gasteiger partial charge in [0.05, 0.1) is 13.7 Å². The smallest absolute Gasteiger partial charge is 0.357 e. The molecule has 2 aromatic carbocycles. The quantitative estimate of drug-likeness (QED) is 0.846. The Morgan fingerprint density at radius 3 is 2.57 bits per heavy atom. The Hall–Kier alpha value is -2.11. The van der Waals surface area contributed by atoms with Crippen molar-refractivity contribution in [2.45, 2.75) is 27.1 Å². The molecule has 0 saturated carbocycles. The van der Waals surface area contributed by atoms with Crippen LogP contribution < -0.4 is 9.47 Å². The molecule has 0 spiro atoms. The molecule has 0 aromatic heterocycles. The minimum Gasteiger partial charge on any atom is -0.488 e. The highest BCUT2D eigenvalue weighted by molar-refractivity contribution is 7.79. The van der Waals surface area contributed by atoms with Crippen LogP contribution >= 0.6 is 12.2 Å². The molecule has 2 rings (SSSR count). The molecule has 122 valence electrons. The van der Waals surface area contributed by atoms with Gasteiger partial charge in [0.15, 0.2) is 0 Å². The van der Waals surface area contributed by atoms with Gasteiger partial charge in [-0.15, -0.1) is 0 Å². The first-order valence-corrected chi connectivity index (χ1v) is 7.63. The lowest BCUT2D eigenvalue weighted by molar-refractivity contribution is 0.263. The van der Waals surface area contributed by atoms with Gasteiger partial charge in [-0.1, -0.05) is 29.8 Å². The Labute approximate surface area is 141 Å². The van der Waals surface area contributed by atoms with Crippen molar-refractivity contribution in [2.24, 2.45) is 0 Å². The van der Waals surface area contributed by atoms with Gasteiger partial charge in [0.25, 0.3) is 0 Å². The number of hydrogen-bond donors (Lipinski definition) is 1. The maximum Gasteiger partial charge on any atom is 0.357 e. The Kier molecular flexibility index (Phi) is 5.96. The lowest BCUT2D eigenvalue weighted by Gasteiger charge is -2.16. The second-order valence-electron chi connectivity index (χ2n) is 5.17. The van der Waals surface area contributed by atoms with Crippen LogP contribution in [0.2, 0.25) is 0 Å². The maximum absolute atomic E-state index is 9.55. The van der Waals surface area contributed by atoms with Gasteiger partial charge in [-0.2, -0.15) is 0 Å². The summed E-state index contributed by atoms with van der Waals surface area (Å²) in [4.78, 5) is 0. The van der Waals surface area contributed by atoms with Crippen LogP contribution in [0.5, 0.6) is 11.5 Å². The number of aliphatic hydroxyl groups is 1. The molecule has 23 heavy (non-hydrogen) atoms. The molecule has 0 amide bonds. The lowest BCUT2D eigenvalue weighted by Crippen LogP contribution is -2.11. The Morgan fingerprint density at radius 2 is 1.91 bits per heavy atom. The van der Waals surface area contributed by atoms with E-state index in [0.29, 0.717) is 5.75 Å². The van der Waals surface area contributed by atoms with Crippen LogP contribution in [0.15, 0.2) is 36.4 Å². The molecular formula is C18H20O4S. The zero-order valence-corrected chi connectivity index (χ0v) is 14.3. The first-order chi connectivity index (χ1) is 11.0. The molecule has 4 nitrogen and oxygen atoms in total. The fourth-order valence-corrected chi connectivity index (χ4v) is 2.35. The molecule has 0 saturated heterocycles. The summed E-state index contributed by atoms with van der Waals surface area (Å²) in [6.45, 7) is 4.19. The van der Waals surface area contributed by atoms with Crippen molar-refractivity contribution in [3.05, 3.63) is 58.7 Å². The predicted octanol–water partition coefficient (Wildman–Crippen LogP) is 3.68. The van der Waals surface area contributed by atoms with Gasteiger partial charge < -0.3 is 19.3 Å². The van der Waals surface area contributed by atoms with E-state index in [-0.39, 0.29) is 18.5 Å². The van der Waals surface area contributed by atoms with Gasteiger partial charge in [0.2, 0.25) is 0 Å². The number of benzene rings is 2. The standard InChI is InChI=1S/C18H20O4S/c1-12-7-8-16(13(2)9-12)21-11-15-14(10-19)5-4-6-17(15)22-18(23)20-3/h4-9,19H,10-11H2,1-3H3. The summed E-state index contributed by atoms with van der Waals surface area (Å²) in [5, 5.41) is 9.57. The molecule has 5 heteroatoms. The summed E-state index contributed by atoms with van der Waals surface area (Å²) < 4.78 is 16.3. The number of aryl methyl sites for hydroxylation is 2. The molecule has 2 aromatic rings. The number of ether oxygens (including phenoxy) is 3. The third-order valence-electron chi connectivity index (χ3n) is 3.46. The van der Waals surface area contributed by atoms with Crippen LogP contribution in [0.4, 0.5) is 0 Å². The van der Waals surface area contributed by atoms with Crippen LogP contribution in [0.3, 0.4) is 0 Å². The van der Waals surface area contributed by atoms with E-state index in [9.17, 15) is 5.11 Å². The number of aliphatic hydroxyl groups excluding tert-OH is 1. The first kappa shape index (κ1) is 17.2. The van der Waals surface area contributed by atoms with Gasteiger partial charge >= 0.3 is 5.24 Å². The highest BCUT2D eigenvalue weighted by Crippen LogP contribution is 2.26. The fraction of sp³-hybridized carbons (Fsp3) is 0.278. The third kappa shape index (κ3) is 4.43. The highest BCUT2D eigenvalue weighted by atomic mass is 32.1. The van der Waals surface area contributed by atoms with Gasteiger partial charge in [-0.05, 0) is 37.1 Å². The van der Waals surface area contributed by atoms with E-state index < -0.39 is 0 Å². The van der Waals surface area contributed by atoms with Crippen molar-refractivity contribution >= 4 is 17.5 Å². The number of rotatable bonds is 5.